The second-order valence-electron chi connectivity index (χ2n) is 7.42. The fourth-order valence-electron chi connectivity index (χ4n) is 3.29. The molecule has 0 saturated heterocycles. The monoisotopic (exact) mass is 466 g/mol. The molecule has 0 spiro atoms. The average Bonchev–Trinajstić information content (AvgIpc) is 3.45. The Morgan fingerprint density at radius 1 is 1.22 bits per heavy atom. The summed E-state index contributed by atoms with van der Waals surface area (Å²) < 4.78 is 7.85. The van der Waals surface area contributed by atoms with Gasteiger partial charge in [-0.1, -0.05) is 35.1 Å². The van der Waals surface area contributed by atoms with Crippen molar-refractivity contribution in [2.24, 2.45) is 0 Å². The minimum atomic E-state index is 0.00423. The quantitative estimate of drug-likeness (QED) is 0.313. The SMILES string of the molecule is Cc1cc(Nc2ncc(C(=O)Cc3c(C)cccc3Cl)s2)ccc1OCCn1ccnc1. The van der Waals surface area contributed by atoms with Crippen LogP contribution in [0.25, 0.3) is 0 Å². The number of ketones is 1. The summed E-state index contributed by atoms with van der Waals surface area (Å²) in [6.07, 6.45) is 7.30. The van der Waals surface area contributed by atoms with Gasteiger partial charge >= 0.3 is 0 Å². The van der Waals surface area contributed by atoms with E-state index in [1.807, 2.05) is 61.0 Å². The molecule has 0 atom stereocenters. The Balaban J connectivity index is 1.36. The van der Waals surface area contributed by atoms with E-state index in [1.54, 1.807) is 18.7 Å². The van der Waals surface area contributed by atoms with Crippen LogP contribution in [0.1, 0.15) is 26.4 Å². The minimum absolute atomic E-state index is 0.00423. The van der Waals surface area contributed by atoms with Gasteiger partial charge in [0.2, 0.25) is 0 Å². The van der Waals surface area contributed by atoms with E-state index in [-0.39, 0.29) is 12.2 Å². The summed E-state index contributed by atoms with van der Waals surface area (Å²) in [6.45, 7) is 5.26. The van der Waals surface area contributed by atoms with Crippen LogP contribution in [0.3, 0.4) is 0 Å². The highest BCUT2D eigenvalue weighted by Crippen LogP contribution is 2.28. The number of aryl methyl sites for hydroxylation is 2. The third kappa shape index (κ3) is 5.36. The Morgan fingerprint density at radius 2 is 2.09 bits per heavy atom. The molecule has 2 heterocycles. The van der Waals surface area contributed by atoms with Gasteiger partial charge in [0.15, 0.2) is 10.9 Å². The molecule has 0 aliphatic heterocycles. The zero-order valence-corrected chi connectivity index (χ0v) is 19.4. The van der Waals surface area contributed by atoms with Gasteiger partial charge in [-0.3, -0.25) is 4.79 Å². The maximum Gasteiger partial charge on any atom is 0.187 e. The molecule has 4 aromatic rings. The van der Waals surface area contributed by atoms with E-state index in [4.69, 9.17) is 16.3 Å². The van der Waals surface area contributed by atoms with Crippen LogP contribution >= 0.6 is 22.9 Å². The molecule has 0 bridgehead atoms. The Bertz CT molecular complexity index is 1200. The summed E-state index contributed by atoms with van der Waals surface area (Å²) in [7, 11) is 0. The van der Waals surface area contributed by atoms with Gasteiger partial charge < -0.3 is 14.6 Å². The fraction of sp³-hybridized carbons (Fsp3) is 0.208. The van der Waals surface area contributed by atoms with Crippen LogP contribution in [0.5, 0.6) is 5.75 Å². The van der Waals surface area contributed by atoms with Crippen LogP contribution in [0.2, 0.25) is 5.02 Å². The molecule has 0 fully saturated rings. The normalized spacial score (nSPS) is 10.8. The molecule has 0 saturated carbocycles. The van der Waals surface area contributed by atoms with Crippen LogP contribution in [0.15, 0.2) is 61.3 Å². The Morgan fingerprint density at radius 3 is 2.84 bits per heavy atom. The molecule has 0 radical (unpaired) electrons. The molecule has 0 aliphatic carbocycles. The summed E-state index contributed by atoms with van der Waals surface area (Å²) >= 11 is 7.60. The second-order valence-corrected chi connectivity index (χ2v) is 8.86. The average molecular weight is 467 g/mol. The molecule has 0 unspecified atom stereocenters. The highest BCUT2D eigenvalue weighted by molar-refractivity contribution is 7.17. The first kappa shape index (κ1) is 22.0. The first-order valence-electron chi connectivity index (χ1n) is 10.2. The summed E-state index contributed by atoms with van der Waals surface area (Å²) in [4.78, 5) is 21.7. The zero-order chi connectivity index (χ0) is 22.5. The predicted octanol–water partition coefficient (Wildman–Crippen LogP) is 5.86. The highest BCUT2D eigenvalue weighted by atomic mass is 35.5. The van der Waals surface area contributed by atoms with E-state index in [9.17, 15) is 4.79 Å². The maximum absolute atomic E-state index is 12.7. The van der Waals surface area contributed by atoms with E-state index in [0.717, 1.165) is 34.7 Å². The van der Waals surface area contributed by atoms with E-state index in [1.165, 1.54) is 11.3 Å². The Kier molecular flexibility index (Phi) is 6.87. The van der Waals surface area contributed by atoms with Crippen molar-refractivity contribution in [2.75, 3.05) is 11.9 Å². The smallest absolute Gasteiger partial charge is 0.187 e. The lowest BCUT2D eigenvalue weighted by Crippen LogP contribution is -2.07. The van der Waals surface area contributed by atoms with E-state index in [0.29, 0.717) is 21.6 Å². The first-order valence-corrected chi connectivity index (χ1v) is 11.4. The fourth-order valence-corrected chi connectivity index (χ4v) is 4.35. The number of rotatable bonds is 9. The molecule has 0 aliphatic rings. The molecule has 32 heavy (non-hydrogen) atoms. The summed E-state index contributed by atoms with van der Waals surface area (Å²) in [5.74, 6) is 0.838. The number of halogens is 1. The lowest BCUT2D eigenvalue weighted by molar-refractivity contribution is 0.0996. The standard InChI is InChI=1S/C24H23ClN4O2S/c1-16-4-3-5-20(25)19(16)13-21(30)23-14-27-24(32-23)28-18-6-7-22(17(2)12-18)31-11-10-29-9-8-26-15-29/h3-9,12,14-15H,10-11,13H2,1-2H3,(H,27,28). The molecule has 4 rings (SSSR count). The molecule has 2 aromatic heterocycles. The minimum Gasteiger partial charge on any atom is -0.491 e. The van der Waals surface area contributed by atoms with Gasteiger partial charge in [-0.05, 0) is 54.8 Å². The molecule has 6 nitrogen and oxygen atoms in total. The number of Topliss-reactive ketones (excluding diaryl/α,β-unsaturated/α-hetero) is 1. The summed E-state index contributed by atoms with van der Waals surface area (Å²) in [5, 5.41) is 4.55. The molecular formula is C24H23ClN4O2S. The molecule has 1 N–H and O–H groups in total. The maximum atomic E-state index is 12.7. The number of anilines is 2. The Hall–Kier alpha value is -3.16. The van der Waals surface area contributed by atoms with Crippen LogP contribution in [-0.2, 0) is 13.0 Å². The van der Waals surface area contributed by atoms with Gasteiger partial charge in [0, 0.05) is 29.5 Å². The number of carbonyl (C=O) groups excluding carboxylic acids is 1. The van der Waals surface area contributed by atoms with E-state index >= 15 is 0 Å². The van der Waals surface area contributed by atoms with Crippen molar-refractivity contribution in [3.63, 3.8) is 0 Å². The molecule has 164 valence electrons. The van der Waals surface area contributed by atoms with E-state index < -0.39 is 0 Å². The molecule has 0 amide bonds. The largest absolute Gasteiger partial charge is 0.491 e. The number of imidazole rings is 1. The van der Waals surface area contributed by atoms with Gasteiger partial charge in [0.1, 0.15) is 12.4 Å². The van der Waals surface area contributed by atoms with Crippen molar-refractivity contribution in [2.45, 2.75) is 26.8 Å². The van der Waals surface area contributed by atoms with Crippen LogP contribution in [0, 0.1) is 13.8 Å². The van der Waals surface area contributed by atoms with Gasteiger partial charge in [0.25, 0.3) is 0 Å². The van der Waals surface area contributed by atoms with Crippen molar-refractivity contribution in [3.8, 4) is 5.75 Å². The summed E-state index contributed by atoms with van der Waals surface area (Å²) in [6, 6.07) is 11.5. The number of nitrogens with one attached hydrogen (secondary N) is 1. The number of aromatic nitrogens is 3. The molecular weight excluding hydrogens is 444 g/mol. The van der Waals surface area contributed by atoms with Crippen molar-refractivity contribution < 1.29 is 9.53 Å². The van der Waals surface area contributed by atoms with Crippen molar-refractivity contribution in [1.82, 2.24) is 14.5 Å². The van der Waals surface area contributed by atoms with Crippen LogP contribution in [-0.4, -0.2) is 26.9 Å². The molecule has 2 aromatic carbocycles. The second kappa shape index (κ2) is 9.97. The highest BCUT2D eigenvalue weighted by Gasteiger charge is 2.15. The van der Waals surface area contributed by atoms with Crippen molar-refractivity contribution in [3.05, 3.63) is 87.9 Å². The lowest BCUT2D eigenvalue weighted by atomic mass is 10.0. The lowest BCUT2D eigenvalue weighted by Gasteiger charge is -2.11. The number of carbonyl (C=O) groups is 1. The van der Waals surface area contributed by atoms with Gasteiger partial charge in [-0.15, -0.1) is 0 Å². The van der Waals surface area contributed by atoms with Gasteiger partial charge in [-0.25, -0.2) is 9.97 Å². The number of ether oxygens (including phenoxy) is 1. The topological polar surface area (TPSA) is 69.0 Å². The zero-order valence-electron chi connectivity index (χ0n) is 17.8. The van der Waals surface area contributed by atoms with Crippen LogP contribution < -0.4 is 10.1 Å². The van der Waals surface area contributed by atoms with Gasteiger partial charge in [0.05, 0.1) is 23.9 Å². The number of hydrogen-bond donors (Lipinski definition) is 1. The van der Waals surface area contributed by atoms with E-state index in [2.05, 4.69) is 15.3 Å². The third-order valence-electron chi connectivity index (χ3n) is 5.06. The van der Waals surface area contributed by atoms with Crippen molar-refractivity contribution >= 4 is 39.5 Å². The number of nitrogens with zero attached hydrogens (tertiary/aromatic N) is 3. The molecule has 8 heteroatoms. The number of thiazole rings is 1. The van der Waals surface area contributed by atoms with Gasteiger partial charge in [-0.2, -0.15) is 0 Å². The predicted molar refractivity (Wildman–Crippen MR) is 129 cm³/mol. The number of benzene rings is 2. The summed E-state index contributed by atoms with van der Waals surface area (Å²) in [5.41, 5.74) is 3.78. The third-order valence-corrected chi connectivity index (χ3v) is 6.37. The number of hydrogen-bond acceptors (Lipinski definition) is 6. The first-order chi connectivity index (χ1) is 15.5. The van der Waals surface area contributed by atoms with Crippen molar-refractivity contribution in [1.29, 1.82) is 0 Å². The Labute approximate surface area is 195 Å². The van der Waals surface area contributed by atoms with Crippen LogP contribution in [0.4, 0.5) is 10.8 Å².